The molecule has 3 rings (SSSR count). The van der Waals surface area contributed by atoms with E-state index in [-0.39, 0.29) is 5.69 Å². The average molecular weight is 255 g/mol. The molecule has 0 fully saturated rings. The van der Waals surface area contributed by atoms with E-state index in [1.165, 1.54) is 10.9 Å². The highest BCUT2D eigenvalue weighted by Gasteiger charge is 2.10. The monoisotopic (exact) mass is 255 g/mol. The van der Waals surface area contributed by atoms with Crippen LogP contribution in [-0.2, 0) is 0 Å². The van der Waals surface area contributed by atoms with Crippen LogP contribution in [0.2, 0.25) is 0 Å². The van der Waals surface area contributed by atoms with E-state index in [2.05, 4.69) is 15.4 Å². The zero-order valence-corrected chi connectivity index (χ0v) is 9.71. The van der Waals surface area contributed by atoms with E-state index in [9.17, 15) is 4.79 Å². The number of carbonyl (C=O) groups is 1. The van der Waals surface area contributed by atoms with Gasteiger partial charge in [-0.05, 0) is 12.1 Å². The number of carboxylic acid groups (broad SMARTS) is 1. The van der Waals surface area contributed by atoms with Crippen LogP contribution in [0.15, 0.2) is 48.9 Å². The van der Waals surface area contributed by atoms with Gasteiger partial charge in [-0.1, -0.05) is 23.4 Å². The predicted octanol–water partition coefficient (Wildman–Crippen LogP) is 1.15. The quantitative estimate of drug-likeness (QED) is 0.758. The van der Waals surface area contributed by atoms with Crippen LogP contribution in [0.4, 0.5) is 0 Å². The van der Waals surface area contributed by atoms with Crippen LogP contribution in [-0.4, -0.2) is 35.9 Å². The van der Waals surface area contributed by atoms with E-state index in [0.29, 0.717) is 5.69 Å². The highest BCUT2D eigenvalue weighted by atomic mass is 16.4. The topological polar surface area (TPSA) is 85.8 Å². The number of carboxylic acids is 1. The Morgan fingerprint density at radius 3 is 2.53 bits per heavy atom. The third-order valence-corrected chi connectivity index (χ3v) is 2.57. The van der Waals surface area contributed by atoms with Crippen LogP contribution in [0.3, 0.4) is 0 Å². The molecule has 1 aromatic carbocycles. The number of nitrogens with zero attached hydrogens (tertiary/aromatic N) is 5. The minimum atomic E-state index is -1.11. The summed E-state index contributed by atoms with van der Waals surface area (Å²) in [4.78, 5) is 10.7. The molecule has 0 saturated heterocycles. The molecule has 3 aromatic rings. The van der Waals surface area contributed by atoms with Crippen molar-refractivity contribution in [1.82, 2.24) is 24.8 Å². The lowest BCUT2D eigenvalue weighted by Crippen LogP contribution is -1.95. The molecule has 7 nitrogen and oxygen atoms in total. The van der Waals surface area contributed by atoms with E-state index in [1.807, 2.05) is 30.3 Å². The Labute approximate surface area is 107 Å². The molecule has 2 aromatic heterocycles. The van der Waals surface area contributed by atoms with Gasteiger partial charge in [0.25, 0.3) is 0 Å². The zero-order chi connectivity index (χ0) is 13.2. The van der Waals surface area contributed by atoms with Crippen molar-refractivity contribution in [3.63, 3.8) is 0 Å². The third-order valence-electron chi connectivity index (χ3n) is 2.57. The average Bonchev–Trinajstić information content (AvgIpc) is 3.09. The van der Waals surface area contributed by atoms with Crippen LogP contribution in [0.5, 0.6) is 0 Å². The fourth-order valence-corrected chi connectivity index (χ4v) is 1.64. The van der Waals surface area contributed by atoms with E-state index in [0.717, 1.165) is 5.69 Å². The lowest BCUT2D eigenvalue weighted by atomic mass is 10.3. The van der Waals surface area contributed by atoms with Crippen molar-refractivity contribution in [2.45, 2.75) is 0 Å². The molecular weight excluding hydrogens is 246 g/mol. The first kappa shape index (κ1) is 11.1. The van der Waals surface area contributed by atoms with Crippen LogP contribution < -0.4 is 0 Å². The number of hydrogen-bond acceptors (Lipinski definition) is 4. The summed E-state index contributed by atoms with van der Waals surface area (Å²) in [5.41, 5.74) is 1.45. The number of aromatic nitrogens is 5. The molecule has 0 atom stereocenters. The summed E-state index contributed by atoms with van der Waals surface area (Å²) in [6.45, 7) is 0. The van der Waals surface area contributed by atoms with Crippen LogP contribution in [0.1, 0.15) is 10.5 Å². The Morgan fingerprint density at radius 1 is 1.05 bits per heavy atom. The fraction of sp³-hybridized carbons (Fsp3) is 0. The smallest absolute Gasteiger partial charge is 0.358 e. The lowest BCUT2D eigenvalue weighted by molar-refractivity contribution is 0.0690. The van der Waals surface area contributed by atoms with Gasteiger partial charge >= 0.3 is 5.97 Å². The first-order valence-electron chi connectivity index (χ1n) is 5.50. The van der Waals surface area contributed by atoms with Crippen molar-refractivity contribution < 1.29 is 9.90 Å². The van der Waals surface area contributed by atoms with Gasteiger partial charge in [-0.3, -0.25) is 0 Å². The summed E-state index contributed by atoms with van der Waals surface area (Å²) >= 11 is 0. The van der Waals surface area contributed by atoms with Gasteiger partial charge in [0.05, 0.1) is 24.3 Å². The van der Waals surface area contributed by atoms with Gasteiger partial charge in [0.15, 0.2) is 5.69 Å². The van der Waals surface area contributed by atoms with E-state index < -0.39 is 5.97 Å². The fourth-order valence-electron chi connectivity index (χ4n) is 1.64. The standard InChI is InChI=1S/C12H9N5O2/c18-12(19)11-8-17(15-14-11)10-6-13-16(7-10)9-4-2-1-3-5-9/h1-8H,(H,18,19). The first-order valence-corrected chi connectivity index (χ1v) is 5.50. The molecule has 0 saturated carbocycles. The summed E-state index contributed by atoms with van der Waals surface area (Å²) < 4.78 is 3.05. The molecule has 0 aliphatic rings. The van der Waals surface area contributed by atoms with Gasteiger partial charge in [0, 0.05) is 0 Å². The third kappa shape index (κ3) is 2.08. The number of para-hydroxylation sites is 1. The normalized spacial score (nSPS) is 10.5. The Balaban J connectivity index is 1.94. The molecular formula is C12H9N5O2. The minimum absolute atomic E-state index is 0.104. The SMILES string of the molecule is O=C(O)c1cn(-c2cnn(-c3ccccc3)c2)nn1. The summed E-state index contributed by atoms with van der Waals surface area (Å²) in [5, 5.41) is 20.3. The van der Waals surface area contributed by atoms with Gasteiger partial charge in [0.2, 0.25) is 0 Å². The molecule has 0 amide bonds. The lowest BCUT2D eigenvalue weighted by Gasteiger charge is -1.98. The molecule has 0 bridgehead atoms. The summed E-state index contributed by atoms with van der Waals surface area (Å²) in [5.74, 6) is -1.11. The van der Waals surface area contributed by atoms with Gasteiger partial charge in [-0.25, -0.2) is 14.2 Å². The molecule has 1 N–H and O–H groups in total. The van der Waals surface area contributed by atoms with E-state index in [4.69, 9.17) is 5.11 Å². The van der Waals surface area contributed by atoms with Crippen molar-refractivity contribution >= 4 is 5.97 Å². The molecule has 0 aliphatic carbocycles. The van der Waals surface area contributed by atoms with E-state index in [1.54, 1.807) is 17.1 Å². The molecule has 94 valence electrons. The molecule has 0 unspecified atom stereocenters. The summed E-state index contributed by atoms with van der Waals surface area (Å²) in [6.07, 6.45) is 4.68. The number of hydrogen-bond donors (Lipinski definition) is 1. The molecule has 0 aliphatic heterocycles. The van der Waals surface area contributed by atoms with Gasteiger partial charge < -0.3 is 5.11 Å². The van der Waals surface area contributed by atoms with E-state index >= 15 is 0 Å². The molecule has 7 heteroatoms. The summed E-state index contributed by atoms with van der Waals surface area (Å²) in [6, 6.07) is 9.58. The van der Waals surface area contributed by atoms with Crippen molar-refractivity contribution in [2.24, 2.45) is 0 Å². The van der Waals surface area contributed by atoms with Crippen molar-refractivity contribution in [3.05, 3.63) is 54.6 Å². The second kappa shape index (κ2) is 4.37. The highest BCUT2D eigenvalue weighted by Crippen LogP contribution is 2.10. The van der Waals surface area contributed by atoms with Gasteiger partial charge in [-0.15, -0.1) is 5.10 Å². The maximum absolute atomic E-state index is 10.7. The number of aromatic carboxylic acids is 1. The maximum Gasteiger partial charge on any atom is 0.358 e. The first-order chi connectivity index (χ1) is 9.24. The minimum Gasteiger partial charge on any atom is -0.476 e. The zero-order valence-electron chi connectivity index (χ0n) is 9.71. The van der Waals surface area contributed by atoms with Crippen molar-refractivity contribution in [1.29, 1.82) is 0 Å². The largest absolute Gasteiger partial charge is 0.476 e. The van der Waals surface area contributed by atoms with Gasteiger partial charge in [0.1, 0.15) is 5.69 Å². The highest BCUT2D eigenvalue weighted by molar-refractivity contribution is 5.84. The number of benzene rings is 1. The van der Waals surface area contributed by atoms with Gasteiger partial charge in [-0.2, -0.15) is 5.10 Å². The Hall–Kier alpha value is -2.96. The Kier molecular flexibility index (Phi) is 2.57. The Bertz CT molecular complexity index is 717. The summed E-state index contributed by atoms with van der Waals surface area (Å²) in [7, 11) is 0. The maximum atomic E-state index is 10.7. The van der Waals surface area contributed by atoms with Crippen molar-refractivity contribution in [2.75, 3.05) is 0 Å². The molecule has 19 heavy (non-hydrogen) atoms. The predicted molar refractivity (Wildman–Crippen MR) is 65.4 cm³/mol. The van der Waals surface area contributed by atoms with Crippen LogP contribution >= 0.6 is 0 Å². The van der Waals surface area contributed by atoms with Crippen molar-refractivity contribution in [3.8, 4) is 11.4 Å². The molecule has 0 radical (unpaired) electrons. The Morgan fingerprint density at radius 2 is 1.84 bits per heavy atom. The number of rotatable bonds is 3. The van der Waals surface area contributed by atoms with Crippen LogP contribution in [0, 0.1) is 0 Å². The molecule has 2 heterocycles. The molecule has 0 spiro atoms. The second-order valence-electron chi connectivity index (χ2n) is 3.83. The second-order valence-corrected chi connectivity index (χ2v) is 3.83. The van der Waals surface area contributed by atoms with Crippen LogP contribution in [0.25, 0.3) is 11.4 Å².